The van der Waals surface area contributed by atoms with Crippen molar-refractivity contribution < 1.29 is 14.0 Å². The van der Waals surface area contributed by atoms with Gasteiger partial charge in [0.15, 0.2) is 0 Å². The number of nitrogens with zero attached hydrogens (tertiary/aromatic N) is 5. The molecule has 2 aromatic carbocycles. The smallest absolute Gasteiger partial charge is 0.272 e. The highest BCUT2D eigenvalue weighted by Gasteiger charge is 2.24. The lowest BCUT2D eigenvalue weighted by molar-refractivity contribution is 0.0630. The minimum absolute atomic E-state index is 0.0591. The first-order valence-electron chi connectivity index (χ1n) is 15.4. The third-order valence-electron chi connectivity index (χ3n) is 8.41. The molecule has 0 spiro atoms. The van der Waals surface area contributed by atoms with Crippen LogP contribution in [-0.2, 0) is 6.42 Å². The van der Waals surface area contributed by atoms with Gasteiger partial charge in [-0.2, -0.15) is 5.10 Å². The lowest BCUT2D eigenvalue weighted by atomic mass is 10.0. The predicted molar refractivity (Wildman–Crippen MR) is 170 cm³/mol. The number of piperazine rings is 1. The third kappa shape index (κ3) is 7.09. The van der Waals surface area contributed by atoms with E-state index in [0.717, 1.165) is 61.9 Å². The van der Waals surface area contributed by atoms with Crippen LogP contribution < -0.4 is 10.9 Å². The Morgan fingerprint density at radius 1 is 0.911 bits per heavy atom. The van der Waals surface area contributed by atoms with Crippen molar-refractivity contribution in [3.05, 3.63) is 112 Å². The summed E-state index contributed by atoms with van der Waals surface area (Å²) in [5.74, 6) is -0.931. The third-order valence-corrected chi connectivity index (χ3v) is 8.41. The summed E-state index contributed by atoms with van der Waals surface area (Å²) in [7, 11) is 0. The molecule has 0 unspecified atom stereocenters. The lowest BCUT2D eigenvalue weighted by Crippen LogP contribution is -2.49. The average molecular weight is 610 g/mol. The molecule has 1 aliphatic rings. The number of carbonyl (C=O) groups excluding carboxylic acids is 2. The Bertz CT molecular complexity index is 1880. The van der Waals surface area contributed by atoms with Gasteiger partial charge in [0.2, 0.25) is 0 Å². The van der Waals surface area contributed by atoms with Crippen molar-refractivity contribution in [3.8, 4) is 0 Å². The number of H-pyrrole nitrogens is 1. The van der Waals surface area contributed by atoms with Crippen LogP contribution in [0.1, 0.15) is 57.7 Å². The van der Waals surface area contributed by atoms with Gasteiger partial charge in [0.25, 0.3) is 17.4 Å². The molecular weight excluding hydrogens is 573 g/mol. The van der Waals surface area contributed by atoms with Gasteiger partial charge >= 0.3 is 0 Å². The summed E-state index contributed by atoms with van der Waals surface area (Å²) in [6, 6.07) is 15.4. The van der Waals surface area contributed by atoms with Crippen LogP contribution in [0.15, 0.2) is 78.0 Å². The van der Waals surface area contributed by atoms with E-state index in [-0.39, 0.29) is 22.9 Å². The molecule has 6 rings (SSSR count). The number of aromatic nitrogens is 4. The molecule has 2 N–H and O–H groups in total. The summed E-state index contributed by atoms with van der Waals surface area (Å²) in [4.78, 5) is 46.1. The zero-order chi connectivity index (χ0) is 31.2. The van der Waals surface area contributed by atoms with Gasteiger partial charge in [-0.3, -0.25) is 19.3 Å². The maximum atomic E-state index is 14.8. The molecule has 11 heteroatoms. The van der Waals surface area contributed by atoms with E-state index in [4.69, 9.17) is 0 Å². The monoisotopic (exact) mass is 609 g/mol. The maximum absolute atomic E-state index is 14.8. The van der Waals surface area contributed by atoms with Gasteiger partial charge in [0.1, 0.15) is 11.5 Å². The van der Waals surface area contributed by atoms with Crippen LogP contribution >= 0.6 is 0 Å². The number of fused-ring (bicyclic) bond motifs is 2. The molecule has 10 nitrogen and oxygen atoms in total. The van der Waals surface area contributed by atoms with Gasteiger partial charge < -0.3 is 14.6 Å². The second-order valence-electron chi connectivity index (χ2n) is 11.4. The van der Waals surface area contributed by atoms with Gasteiger partial charge in [-0.25, -0.2) is 14.5 Å². The SMILES string of the molecule is O=C(NCCCCCCN1CCN(C(=O)c2cc(Cc3n[nH]c(=O)c4ccccc34)ccc2F)CC1)c1ccn2ccnc2c1. The van der Waals surface area contributed by atoms with Crippen molar-refractivity contribution >= 4 is 28.2 Å². The number of imidazole rings is 1. The standard InChI is InChI=1S/C34H36FN7O3/c35-29-10-9-24(22-30-26-7-3-4-8-27(26)33(44)39-38-30)21-28(29)34(45)42-19-17-40(18-20-42)14-6-2-1-5-12-37-32(43)25-11-15-41-16-13-36-31(41)23-25/h3-4,7-11,13,15-16,21,23H,1-2,5-6,12,14,17-20,22H2,(H,37,43)(H,39,44). The van der Waals surface area contributed by atoms with E-state index in [9.17, 15) is 18.8 Å². The molecule has 0 atom stereocenters. The van der Waals surface area contributed by atoms with Gasteiger partial charge in [-0.1, -0.05) is 37.1 Å². The average Bonchev–Trinajstić information content (AvgIpc) is 3.55. The number of rotatable bonds is 11. The molecule has 45 heavy (non-hydrogen) atoms. The first kappa shape index (κ1) is 30.1. The minimum atomic E-state index is -0.541. The molecule has 5 aromatic rings. The van der Waals surface area contributed by atoms with Crippen molar-refractivity contribution in [2.45, 2.75) is 32.1 Å². The second kappa shape index (κ2) is 13.8. The maximum Gasteiger partial charge on any atom is 0.272 e. The zero-order valence-corrected chi connectivity index (χ0v) is 25.0. The number of nitrogens with one attached hydrogen (secondary N) is 2. The molecule has 0 aliphatic carbocycles. The molecule has 2 amide bonds. The normalized spacial score (nSPS) is 13.8. The van der Waals surface area contributed by atoms with Crippen molar-refractivity contribution in [2.75, 3.05) is 39.3 Å². The van der Waals surface area contributed by atoms with Crippen LogP contribution in [-0.4, -0.2) is 80.5 Å². The van der Waals surface area contributed by atoms with E-state index in [1.165, 1.54) is 6.07 Å². The highest BCUT2D eigenvalue weighted by atomic mass is 19.1. The van der Waals surface area contributed by atoms with E-state index in [2.05, 4.69) is 25.4 Å². The van der Waals surface area contributed by atoms with E-state index >= 15 is 0 Å². The van der Waals surface area contributed by atoms with Crippen LogP contribution in [0.4, 0.5) is 4.39 Å². The van der Waals surface area contributed by atoms with Crippen molar-refractivity contribution in [1.82, 2.24) is 34.7 Å². The van der Waals surface area contributed by atoms with Crippen molar-refractivity contribution in [1.29, 1.82) is 0 Å². The van der Waals surface area contributed by atoms with Crippen LogP contribution in [0.25, 0.3) is 16.4 Å². The fourth-order valence-corrected chi connectivity index (χ4v) is 5.86. The number of benzene rings is 2. The predicted octanol–water partition coefficient (Wildman–Crippen LogP) is 4.05. The first-order valence-corrected chi connectivity index (χ1v) is 15.4. The van der Waals surface area contributed by atoms with Crippen LogP contribution in [0.2, 0.25) is 0 Å². The number of carbonyl (C=O) groups is 2. The number of hydrogen-bond donors (Lipinski definition) is 2. The Balaban J connectivity index is 0.920. The number of aromatic amines is 1. The summed E-state index contributed by atoms with van der Waals surface area (Å²) < 4.78 is 16.7. The Morgan fingerprint density at radius 3 is 2.56 bits per heavy atom. The van der Waals surface area contributed by atoms with Gasteiger partial charge in [0, 0.05) is 68.7 Å². The topological polar surface area (TPSA) is 116 Å². The second-order valence-corrected chi connectivity index (χ2v) is 11.4. The van der Waals surface area contributed by atoms with E-state index in [1.807, 2.05) is 28.9 Å². The number of halogens is 1. The van der Waals surface area contributed by atoms with Crippen LogP contribution in [0.3, 0.4) is 0 Å². The molecule has 232 valence electrons. The number of pyridine rings is 1. The Kier molecular flexibility index (Phi) is 9.25. The molecular formula is C34H36FN7O3. The van der Waals surface area contributed by atoms with Gasteiger partial charge in [0.05, 0.1) is 16.6 Å². The number of unbranched alkanes of at least 4 members (excludes halogenated alkanes) is 3. The van der Waals surface area contributed by atoms with Gasteiger partial charge in [-0.15, -0.1) is 0 Å². The highest BCUT2D eigenvalue weighted by molar-refractivity contribution is 5.95. The molecule has 0 radical (unpaired) electrons. The molecule has 4 heterocycles. The quantitative estimate of drug-likeness (QED) is 0.219. The van der Waals surface area contributed by atoms with Gasteiger partial charge in [-0.05, 0) is 55.3 Å². The zero-order valence-electron chi connectivity index (χ0n) is 25.0. The summed E-state index contributed by atoms with van der Waals surface area (Å²) in [6.07, 6.45) is 9.79. The first-order chi connectivity index (χ1) is 22.0. The van der Waals surface area contributed by atoms with E-state index in [0.29, 0.717) is 42.7 Å². The molecule has 3 aromatic heterocycles. The van der Waals surface area contributed by atoms with Crippen molar-refractivity contribution in [2.24, 2.45) is 0 Å². The fourth-order valence-electron chi connectivity index (χ4n) is 5.86. The molecule has 0 bridgehead atoms. The van der Waals surface area contributed by atoms with Crippen LogP contribution in [0.5, 0.6) is 0 Å². The molecule has 1 fully saturated rings. The minimum Gasteiger partial charge on any atom is -0.352 e. The number of amides is 2. The summed E-state index contributed by atoms with van der Waals surface area (Å²) >= 11 is 0. The number of hydrogen-bond acceptors (Lipinski definition) is 6. The summed E-state index contributed by atoms with van der Waals surface area (Å²) in [5.41, 5.74) is 2.57. The van der Waals surface area contributed by atoms with E-state index < -0.39 is 5.82 Å². The summed E-state index contributed by atoms with van der Waals surface area (Å²) in [5, 5.41) is 11.0. The Hall–Kier alpha value is -4.90. The van der Waals surface area contributed by atoms with Crippen molar-refractivity contribution in [3.63, 3.8) is 0 Å². The highest BCUT2D eigenvalue weighted by Crippen LogP contribution is 2.20. The van der Waals surface area contributed by atoms with Crippen LogP contribution in [0, 0.1) is 5.82 Å². The van der Waals surface area contributed by atoms with E-state index in [1.54, 1.807) is 47.5 Å². The largest absolute Gasteiger partial charge is 0.352 e. The molecule has 0 saturated carbocycles. The Morgan fingerprint density at radius 2 is 1.71 bits per heavy atom. The molecule has 1 saturated heterocycles. The molecule has 1 aliphatic heterocycles. The Labute approximate surface area is 259 Å². The fraction of sp³-hybridized carbons (Fsp3) is 0.324. The lowest BCUT2D eigenvalue weighted by Gasteiger charge is -2.35. The summed E-state index contributed by atoms with van der Waals surface area (Å²) in [6.45, 7) is 4.17.